The highest BCUT2D eigenvalue weighted by Crippen LogP contribution is 2.25. The zero-order valence-corrected chi connectivity index (χ0v) is 18.6. The van der Waals surface area contributed by atoms with Crippen molar-refractivity contribution in [2.45, 2.75) is 26.2 Å². The smallest absolute Gasteiger partial charge is 0.282 e. The molecule has 1 aromatic heterocycles. The van der Waals surface area contributed by atoms with Crippen LogP contribution in [-0.4, -0.2) is 23.0 Å². The van der Waals surface area contributed by atoms with Gasteiger partial charge in [0, 0.05) is 9.89 Å². The Kier molecular flexibility index (Phi) is 5.53. The normalized spacial score (nSPS) is 12.1. The second-order valence-electron chi connectivity index (χ2n) is 7.10. The van der Waals surface area contributed by atoms with Crippen molar-refractivity contribution in [3.63, 3.8) is 0 Å². The number of methoxy groups -OCH3 is 1. The van der Waals surface area contributed by atoms with E-state index < -0.39 is 0 Å². The number of hydrogen-bond donors (Lipinski definition) is 0. The van der Waals surface area contributed by atoms with E-state index in [1.807, 2.05) is 51.1 Å². The fraction of sp³-hybridized carbons (Fsp3) is 0.250. The Morgan fingerprint density at radius 2 is 1.89 bits per heavy atom. The van der Waals surface area contributed by atoms with Gasteiger partial charge >= 0.3 is 0 Å². The van der Waals surface area contributed by atoms with Crippen molar-refractivity contribution >= 4 is 49.0 Å². The van der Waals surface area contributed by atoms with E-state index in [1.165, 1.54) is 4.68 Å². The molecule has 0 fully saturated rings. The van der Waals surface area contributed by atoms with E-state index in [0.29, 0.717) is 16.7 Å². The van der Waals surface area contributed by atoms with Gasteiger partial charge in [0.15, 0.2) is 0 Å². The molecule has 0 bridgehead atoms. The van der Waals surface area contributed by atoms with Gasteiger partial charge < -0.3 is 4.74 Å². The van der Waals surface area contributed by atoms with Gasteiger partial charge in [0.1, 0.15) is 11.6 Å². The Hall–Kier alpha value is -1.99. The Morgan fingerprint density at radius 1 is 1.15 bits per heavy atom. The van der Waals surface area contributed by atoms with E-state index in [2.05, 4.69) is 37.0 Å². The molecular weight excluding hydrogens is 474 g/mol. The average Bonchev–Trinajstić information content (AvgIpc) is 2.60. The molecule has 7 heteroatoms. The summed E-state index contributed by atoms with van der Waals surface area (Å²) in [4.78, 5) is 17.8. The molecule has 0 unspecified atom stereocenters. The van der Waals surface area contributed by atoms with Gasteiger partial charge in [0.05, 0.1) is 28.7 Å². The molecule has 1 heterocycles. The van der Waals surface area contributed by atoms with Crippen LogP contribution in [0.3, 0.4) is 0 Å². The van der Waals surface area contributed by atoms with Gasteiger partial charge in [-0.3, -0.25) is 4.79 Å². The number of nitrogens with zero attached hydrogens (tertiary/aromatic N) is 3. The number of ether oxygens (including phenoxy) is 1. The van der Waals surface area contributed by atoms with Gasteiger partial charge in [-0.2, -0.15) is 9.78 Å². The van der Waals surface area contributed by atoms with E-state index in [-0.39, 0.29) is 11.0 Å². The molecule has 2 aromatic carbocycles. The maximum absolute atomic E-state index is 13.1. The summed E-state index contributed by atoms with van der Waals surface area (Å²) in [6, 6.07) is 11.1. The fourth-order valence-electron chi connectivity index (χ4n) is 2.63. The summed E-state index contributed by atoms with van der Waals surface area (Å²) in [6.07, 6.45) is 1.65. The standard InChI is InChI=1S/C20H19Br2N3O2/c1-20(2,3)19-24-16-7-6-13(21)10-14(16)18(26)25(19)23-11-12-5-8-17(27-4)15(22)9-12/h5-11H,1-4H3. The summed E-state index contributed by atoms with van der Waals surface area (Å²) < 4.78 is 8.27. The monoisotopic (exact) mass is 491 g/mol. The molecule has 0 amide bonds. The largest absolute Gasteiger partial charge is 0.496 e. The van der Waals surface area contributed by atoms with Crippen molar-refractivity contribution < 1.29 is 4.74 Å². The molecule has 3 aromatic rings. The third-order valence-electron chi connectivity index (χ3n) is 3.98. The lowest BCUT2D eigenvalue weighted by atomic mass is 9.95. The van der Waals surface area contributed by atoms with Crippen molar-refractivity contribution in [1.29, 1.82) is 0 Å². The van der Waals surface area contributed by atoms with Crippen molar-refractivity contribution in [1.82, 2.24) is 9.66 Å². The topological polar surface area (TPSA) is 56.5 Å². The zero-order valence-electron chi connectivity index (χ0n) is 15.5. The lowest BCUT2D eigenvalue weighted by Gasteiger charge is -2.20. The highest BCUT2D eigenvalue weighted by molar-refractivity contribution is 9.10. The number of benzene rings is 2. The van der Waals surface area contributed by atoms with Crippen molar-refractivity contribution in [2.24, 2.45) is 5.10 Å². The molecule has 0 N–H and O–H groups in total. The second kappa shape index (κ2) is 7.56. The van der Waals surface area contributed by atoms with E-state index >= 15 is 0 Å². The van der Waals surface area contributed by atoms with Crippen LogP contribution < -0.4 is 10.3 Å². The summed E-state index contributed by atoms with van der Waals surface area (Å²) >= 11 is 6.88. The Labute approximate surface area is 174 Å². The summed E-state index contributed by atoms with van der Waals surface area (Å²) in [6.45, 7) is 6.03. The van der Waals surface area contributed by atoms with Gasteiger partial charge in [0.25, 0.3) is 5.56 Å². The van der Waals surface area contributed by atoms with Crippen LogP contribution in [0.4, 0.5) is 0 Å². The van der Waals surface area contributed by atoms with Crippen LogP contribution in [0.5, 0.6) is 5.75 Å². The highest BCUT2D eigenvalue weighted by Gasteiger charge is 2.22. The van der Waals surface area contributed by atoms with Crippen LogP contribution in [-0.2, 0) is 5.41 Å². The fourth-order valence-corrected chi connectivity index (χ4v) is 3.55. The molecule has 0 saturated heterocycles. The maximum Gasteiger partial charge on any atom is 0.282 e. The molecule has 3 rings (SSSR count). The minimum Gasteiger partial charge on any atom is -0.496 e. The molecule has 0 radical (unpaired) electrons. The predicted octanol–water partition coefficient (Wildman–Crippen LogP) is 5.11. The second-order valence-corrected chi connectivity index (χ2v) is 8.87. The van der Waals surface area contributed by atoms with Gasteiger partial charge in [-0.1, -0.05) is 36.7 Å². The van der Waals surface area contributed by atoms with Crippen LogP contribution in [0.25, 0.3) is 10.9 Å². The van der Waals surface area contributed by atoms with Crippen molar-refractivity contribution in [2.75, 3.05) is 7.11 Å². The van der Waals surface area contributed by atoms with Crippen LogP contribution in [0.2, 0.25) is 0 Å². The molecule has 5 nitrogen and oxygen atoms in total. The number of aromatic nitrogens is 2. The first-order valence-electron chi connectivity index (χ1n) is 8.31. The summed E-state index contributed by atoms with van der Waals surface area (Å²) in [7, 11) is 1.61. The Bertz CT molecular complexity index is 1100. The number of hydrogen-bond acceptors (Lipinski definition) is 4. The van der Waals surface area contributed by atoms with Crippen LogP contribution in [0.15, 0.2) is 55.2 Å². The van der Waals surface area contributed by atoms with Gasteiger partial charge in [-0.25, -0.2) is 4.98 Å². The van der Waals surface area contributed by atoms with Crippen molar-refractivity contribution in [3.05, 3.63) is 67.1 Å². The Balaban J connectivity index is 2.18. The molecule has 0 saturated carbocycles. The first-order chi connectivity index (χ1) is 12.7. The quantitative estimate of drug-likeness (QED) is 0.477. The van der Waals surface area contributed by atoms with E-state index in [1.54, 1.807) is 19.4 Å². The first kappa shape index (κ1) is 19.8. The zero-order chi connectivity index (χ0) is 19.8. The molecule has 0 aliphatic carbocycles. The third kappa shape index (κ3) is 4.14. The maximum atomic E-state index is 13.1. The molecule has 27 heavy (non-hydrogen) atoms. The Morgan fingerprint density at radius 3 is 2.52 bits per heavy atom. The predicted molar refractivity (Wildman–Crippen MR) is 116 cm³/mol. The van der Waals surface area contributed by atoms with Crippen molar-refractivity contribution in [3.8, 4) is 5.75 Å². The number of fused-ring (bicyclic) bond motifs is 1. The lowest BCUT2D eigenvalue weighted by Crippen LogP contribution is -2.29. The summed E-state index contributed by atoms with van der Waals surface area (Å²) in [5, 5.41) is 4.98. The minimum atomic E-state index is -0.349. The van der Waals surface area contributed by atoms with Crippen LogP contribution in [0, 0.1) is 0 Å². The van der Waals surface area contributed by atoms with E-state index in [4.69, 9.17) is 9.72 Å². The third-order valence-corrected chi connectivity index (χ3v) is 5.09. The van der Waals surface area contributed by atoms with Crippen LogP contribution in [0.1, 0.15) is 32.2 Å². The molecule has 0 aliphatic rings. The summed E-state index contributed by atoms with van der Waals surface area (Å²) in [5.41, 5.74) is 0.948. The number of rotatable bonds is 3. The molecule has 0 aliphatic heterocycles. The van der Waals surface area contributed by atoms with Crippen LogP contribution >= 0.6 is 31.9 Å². The van der Waals surface area contributed by atoms with Gasteiger partial charge in [-0.05, 0) is 57.9 Å². The van der Waals surface area contributed by atoms with Gasteiger partial charge in [0.2, 0.25) is 0 Å². The highest BCUT2D eigenvalue weighted by atomic mass is 79.9. The van der Waals surface area contributed by atoms with E-state index in [0.717, 1.165) is 20.3 Å². The molecule has 140 valence electrons. The first-order valence-corrected chi connectivity index (χ1v) is 9.90. The lowest BCUT2D eigenvalue weighted by molar-refractivity contribution is 0.412. The summed E-state index contributed by atoms with van der Waals surface area (Å²) in [5.74, 6) is 1.34. The molecule has 0 atom stereocenters. The van der Waals surface area contributed by atoms with Gasteiger partial charge in [-0.15, -0.1) is 0 Å². The van der Waals surface area contributed by atoms with E-state index in [9.17, 15) is 4.79 Å². The number of halogens is 2. The molecular formula is C20H19Br2N3O2. The SMILES string of the molecule is COc1ccc(C=Nn2c(C(C)(C)C)nc3ccc(Br)cc3c2=O)cc1Br. The minimum absolute atomic E-state index is 0.199. The molecule has 0 spiro atoms. The average molecular weight is 493 g/mol.